The van der Waals surface area contributed by atoms with Gasteiger partial charge in [-0.3, -0.25) is 4.79 Å². The third-order valence-electron chi connectivity index (χ3n) is 5.28. The van der Waals surface area contributed by atoms with Crippen molar-refractivity contribution in [3.05, 3.63) is 82.8 Å². The molecule has 3 aromatic rings. The lowest BCUT2D eigenvalue weighted by Crippen LogP contribution is -2.72. The maximum absolute atomic E-state index is 13.9. The molecule has 0 aliphatic carbocycles. The lowest BCUT2D eigenvalue weighted by Gasteiger charge is -2.44. The first-order valence-corrected chi connectivity index (χ1v) is 9.90. The molecule has 2 heterocycles. The molecule has 1 saturated heterocycles. The van der Waals surface area contributed by atoms with Crippen molar-refractivity contribution < 1.29 is 36.7 Å². The van der Waals surface area contributed by atoms with Crippen LogP contribution in [0.3, 0.4) is 0 Å². The number of hydrogen-bond donors (Lipinski definition) is 3. The van der Waals surface area contributed by atoms with Gasteiger partial charge in [0.2, 0.25) is 5.72 Å². The number of Topliss-reactive ketones (excluding diaryl/α,β-unsaturated/α-hetero) is 1. The second-order valence-corrected chi connectivity index (χ2v) is 7.83. The molecule has 1 aliphatic rings. The van der Waals surface area contributed by atoms with Crippen LogP contribution in [0, 0.1) is 11.7 Å². The van der Waals surface area contributed by atoms with E-state index in [0.717, 1.165) is 24.3 Å². The summed E-state index contributed by atoms with van der Waals surface area (Å²) in [7, 11) is 0. The third kappa shape index (κ3) is 4.19. The highest BCUT2D eigenvalue weighted by atomic mass is 35.5. The van der Waals surface area contributed by atoms with Gasteiger partial charge in [0.1, 0.15) is 29.3 Å². The van der Waals surface area contributed by atoms with E-state index in [1.807, 2.05) is 0 Å². The number of alkyl halides is 3. The average molecular weight is 483 g/mol. The standard InChI is InChI=1S/C22H15ClF4N2O4/c23-13-5-1-11(2-6-13)15-9-10-16(33-15)18-17(19(30)12-3-7-14(24)8-4-12)21(32,22(25,26)27)29-20(31)28-18/h1-10,17-18,32H,(H2,28,29,31)/t17-,18+,21-/m0/s1. The van der Waals surface area contributed by atoms with Crippen molar-refractivity contribution >= 4 is 23.4 Å². The fraction of sp³-hybridized carbons (Fsp3) is 0.182. The van der Waals surface area contributed by atoms with E-state index in [1.54, 1.807) is 24.3 Å². The lowest BCUT2D eigenvalue weighted by atomic mass is 9.79. The van der Waals surface area contributed by atoms with Crippen LogP contribution in [-0.2, 0) is 0 Å². The van der Waals surface area contributed by atoms with Gasteiger partial charge in [0.25, 0.3) is 0 Å². The van der Waals surface area contributed by atoms with Crippen molar-refractivity contribution in [1.82, 2.24) is 10.6 Å². The molecular weight excluding hydrogens is 468 g/mol. The normalized spacial score (nSPS) is 23.0. The molecule has 1 fully saturated rings. The van der Waals surface area contributed by atoms with Crippen LogP contribution in [0.25, 0.3) is 11.3 Å². The van der Waals surface area contributed by atoms with Crippen LogP contribution in [0.2, 0.25) is 5.02 Å². The highest BCUT2D eigenvalue weighted by molar-refractivity contribution is 6.30. The van der Waals surface area contributed by atoms with E-state index < -0.39 is 41.5 Å². The Hall–Kier alpha value is -3.37. The van der Waals surface area contributed by atoms with Gasteiger partial charge in [-0.25, -0.2) is 9.18 Å². The monoisotopic (exact) mass is 482 g/mol. The summed E-state index contributed by atoms with van der Waals surface area (Å²) in [4.78, 5) is 25.2. The Balaban J connectivity index is 1.80. The minimum absolute atomic E-state index is 0.196. The Morgan fingerprint density at radius 1 is 1.03 bits per heavy atom. The number of carbonyl (C=O) groups is 2. The van der Waals surface area contributed by atoms with Crippen molar-refractivity contribution in [2.24, 2.45) is 5.92 Å². The molecule has 3 atom stereocenters. The number of benzene rings is 2. The summed E-state index contributed by atoms with van der Waals surface area (Å²) in [5.41, 5.74) is -3.67. The van der Waals surface area contributed by atoms with Gasteiger partial charge in [-0.2, -0.15) is 13.2 Å². The number of carbonyl (C=O) groups excluding carboxylic acids is 2. The van der Waals surface area contributed by atoms with Crippen molar-refractivity contribution in [2.45, 2.75) is 17.9 Å². The summed E-state index contributed by atoms with van der Waals surface area (Å²) in [5.74, 6) is -4.14. The molecule has 1 aliphatic heterocycles. The van der Waals surface area contributed by atoms with Crippen molar-refractivity contribution in [3.8, 4) is 11.3 Å². The SMILES string of the molecule is O=C1N[C@H](c2ccc(-c3ccc(Cl)cc3)o2)[C@@H](C(=O)c2ccc(F)cc2)[C@](O)(C(F)(F)F)N1. The largest absolute Gasteiger partial charge is 0.459 e. The molecule has 1 aromatic heterocycles. The molecule has 33 heavy (non-hydrogen) atoms. The second-order valence-electron chi connectivity index (χ2n) is 7.40. The second kappa shape index (κ2) is 8.20. The van der Waals surface area contributed by atoms with Crippen LogP contribution in [0.4, 0.5) is 22.4 Å². The number of furan rings is 1. The van der Waals surface area contributed by atoms with Crippen molar-refractivity contribution in [3.63, 3.8) is 0 Å². The topological polar surface area (TPSA) is 91.6 Å². The van der Waals surface area contributed by atoms with E-state index in [-0.39, 0.29) is 17.1 Å². The van der Waals surface area contributed by atoms with Crippen LogP contribution in [0.15, 0.2) is 65.1 Å². The number of nitrogens with one attached hydrogen (secondary N) is 2. The third-order valence-corrected chi connectivity index (χ3v) is 5.53. The maximum Gasteiger partial charge on any atom is 0.437 e. The Labute approximate surface area is 189 Å². The predicted molar refractivity (Wildman–Crippen MR) is 109 cm³/mol. The summed E-state index contributed by atoms with van der Waals surface area (Å²) in [6, 6.07) is 9.84. The Morgan fingerprint density at radius 3 is 2.27 bits per heavy atom. The zero-order valence-electron chi connectivity index (χ0n) is 16.5. The summed E-state index contributed by atoms with van der Waals surface area (Å²) >= 11 is 5.86. The van der Waals surface area contributed by atoms with Crippen LogP contribution in [0.1, 0.15) is 22.2 Å². The molecule has 0 bridgehead atoms. The molecule has 0 saturated carbocycles. The fourth-order valence-corrected chi connectivity index (χ4v) is 3.79. The van der Waals surface area contributed by atoms with E-state index in [1.165, 1.54) is 17.4 Å². The number of amides is 2. The smallest absolute Gasteiger partial charge is 0.437 e. The van der Waals surface area contributed by atoms with Crippen LogP contribution in [-0.4, -0.2) is 28.8 Å². The Bertz CT molecular complexity index is 1190. The predicted octanol–water partition coefficient (Wildman–Crippen LogP) is 4.84. The Morgan fingerprint density at radius 2 is 1.67 bits per heavy atom. The summed E-state index contributed by atoms with van der Waals surface area (Å²) in [6.45, 7) is 0. The minimum atomic E-state index is -5.42. The number of urea groups is 1. The number of ketones is 1. The zero-order chi connectivity index (χ0) is 24.0. The molecule has 172 valence electrons. The Kier molecular flexibility index (Phi) is 5.67. The molecular formula is C22H15ClF4N2O4. The van der Waals surface area contributed by atoms with Gasteiger partial charge in [0, 0.05) is 16.1 Å². The number of aliphatic hydroxyl groups is 1. The fourth-order valence-electron chi connectivity index (χ4n) is 3.66. The molecule has 3 N–H and O–H groups in total. The van der Waals surface area contributed by atoms with Gasteiger partial charge < -0.3 is 20.2 Å². The summed E-state index contributed by atoms with van der Waals surface area (Å²) < 4.78 is 60.8. The molecule has 6 nitrogen and oxygen atoms in total. The zero-order valence-corrected chi connectivity index (χ0v) is 17.2. The molecule has 11 heteroatoms. The molecule has 0 spiro atoms. The lowest BCUT2D eigenvalue weighted by molar-refractivity contribution is -0.288. The van der Waals surface area contributed by atoms with E-state index >= 15 is 0 Å². The number of halogens is 5. The molecule has 0 unspecified atom stereocenters. The van der Waals surface area contributed by atoms with Gasteiger partial charge in [-0.1, -0.05) is 11.6 Å². The summed E-state index contributed by atoms with van der Waals surface area (Å²) in [5, 5.41) is 14.7. The van der Waals surface area contributed by atoms with E-state index in [9.17, 15) is 32.3 Å². The maximum atomic E-state index is 13.9. The molecule has 2 amide bonds. The minimum Gasteiger partial charge on any atom is -0.459 e. The van der Waals surface area contributed by atoms with Crippen molar-refractivity contribution in [1.29, 1.82) is 0 Å². The quantitative estimate of drug-likeness (QED) is 0.366. The summed E-state index contributed by atoms with van der Waals surface area (Å²) in [6.07, 6.45) is -5.42. The molecule has 4 rings (SSSR count). The van der Waals surface area contributed by atoms with Crippen LogP contribution < -0.4 is 10.6 Å². The first-order chi connectivity index (χ1) is 15.5. The number of hydrogen-bond acceptors (Lipinski definition) is 4. The van der Waals surface area contributed by atoms with Gasteiger partial charge >= 0.3 is 12.2 Å². The van der Waals surface area contributed by atoms with E-state index in [0.29, 0.717) is 10.6 Å². The van der Waals surface area contributed by atoms with E-state index in [2.05, 4.69) is 5.32 Å². The average Bonchev–Trinajstić information content (AvgIpc) is 3.23. The van der Waals surface area contributed by atoms with Crippen LogP contribution in [0.5, 0.6) is 0 Å². The van der Waals surface area contributed by atoms with E-state index in [4.69, 9.17) is 16.0 Å². The highest BCUT2D eigenvalue weighted by Crippen LogP contribution is 2.44. The molecule has 0 radical (unpaired) electrons. The van der Waals surface area contributed by atoms with Gasteiger partial charge in [0.15, 0.2) is 5.78 Å². The first kappa shape index (κ1) is 22.8. The van der Waals surface area contributed by atoms with Crippen molar-refractivity contribution in [2.75, 3.05) is 0 Å². The van der Waals surface area contributed by atoms with Crippen LogP contribution >= 0.6 is 11.6 Å². The number of rotatable bonds is 4. The van der Waals surface area contributed by atoms with Gasteiger partial charge in [-0.05, 0) is 60.7 Å². The molecule has 2 aromatic carbocycles. The van der Waals surface area contributed by atoms with Gasteiger partial charge in [-0.15, -0.1) is 0 Å². The van der Waals surface area contributed by atoms with Gasteiger partial charge in [0.05, 0.1) is 0 Å². The first-order valence-electron chi connectivity index (χ1n) is 9.53. The highest BCUT2D eigenvalue weighted by Gasteiger charge is 2.66.